The second kappa shape index (κ2) is 6.90. The van der Waals surface area contributed by atoms with Gasteiger partial charge in [-0.1, -0.05) is 12.5 Å². The molecule has 0 aromatic heterocycles. The summed E-state index contributed by atoms with van der Waals surface area (Å²) in [4.78, 5) is 0. The van der Waals surface area contributed by atoms with Crippen LogP contribution in [0.1, 0.15) is 37.7 Å². The SMILES string of the molecule is COc1ccc(CNC2CC3CC2C2CCCC32)cc1OC.Cl. The fraction of sp³-hybridized carbons (Fsp3) is 0.684. The van der Waals surface area contributed by atoms with Gasteiger partial charge in [0, 0.05) is 12.6 Å². The highest BCUT2D eigenvalue weighted by Crippen LogP contribution is 2.58. The maximum absolute atomic E-state index is 5.40. The molecule has 5 unspecified atom stereocenters. The van der Waals surface area contributed by atoms with E-state index >= 15 is 0 Å². The third kappa shape index (κ3) is 2.94. The van der Waals surface area contributed by atoms with Crippen LogP contribution >= 0.6 is 12.4 Å². The van der Waals surface area contributed by atoms with Gasteiger partial charge in [-0.25, -0.2) is 0 Å². The van der Waals surface area contributed by atoms with Crippen molar-refractivity contribution in [2.45, 2.75) is 44.7 Å². The van der Waals surface area contributed by atoms with Crippen LogP contribution in [0.2, 0.25) is 0 Å². The molecule has 5 atom stereocenters. The molecule has 0 aliphatic heterocycles. The van der Waals surface area contributed by atoms with Crippen LogP contribution in [0.3, 0.4) is 0 Å². The van der Waals surface area contributed by atoms with Crippen LogP contribution in [0.25, 0.3) is 0 Å². The molecule has 1 aromatic rings. The van der Waals surface area contributed by atoms with Gasteiger partial charge in [-0.3, -0.25) is 0 Å². The zero-order valence-corrected chi connectivity index (χ0v) is 14.9. The number of hydrogen-bond donors (Lipinski definition) is 1. The van der Waals surface area contributed by atoms with Crippen LogP contribution in [0.4, 0.5) is 0 Å². The van der Waals surface area contributed by atoms with E-state index in [9.17, 15) is 0 Å². The number of benzene rings is 1. The lowest BCUT2D eigenvalue weighted by atomic mass is 9.79. The fourth-order valence-electron chi connectivity index (χ4n) is 5.54. The fourth-order valence-corrected chi connectivity index (χ4v) is 5.54. The molecule has 2 bridgehead atoms. The third-order valence-electron chi connectivity index (χ3n) is 6.45. The summed E-state index contributed by atoms with van der Waals surface area (Å²) in [6, 6.07) is 6.97. The molecule has 0 spiro atoms. The first-order chi connectivity index (χ1) is 10.8. The van der Waals surface area contributed by atoms with Crippen molar-refractivity contribution >= 4 is 12.4 Å². The Kier molecular flexibility index (Phi) is 5.07. The Labute approximate surface area is 145 Å². The van der Waals surface area contributed by atoms with E-state index in [0.29, 0.717) is 0 Å². The number of halogens is 1. The lowest BCUT2D eigenvalue weighted by molar-refractivity contribution is 0.208. The van der Waals surface area contributed by atoms with Crippen molar-refractivity contribution in [1.29, 1.82) is 0 Å². The number of methoxy groups -OCH3 is 2. The van der Waals surface area contributed by atoms with Crippen molar-refractivity contribution in [3.05, 3.63) is 23.8 Å². The average Bonchev–Trinajstić information content (AvgIpc) is 3.24. The van der Waals surface area contributed by atoms with Gasteiger partial charge in [0.05, 0.1) is 14.2 Å². The second-order valence-corrected chi connectivity index (χ2v) is 7.33. The van der Waals surface area contributed by atoms with Gasteiger partial charge in [-0.05, 0) is 67.1 Å². The quantitative estimate of drug-likeness (QED) is 0.879. The molecule has 1 N–H and O–H groups in total. The summed E-state index contributed by atoms with van der Waals surface area (Å²) in [5.41, 5.74) is 1.28. The van der Waals surface area contributed by atoms with Crippen LogP contribution in [-0.4, -0.2) is 20.3 Å². The molecule has 4 rings (SSSR count). The van der Waals surface area contributed by atoms with Crippen molar-refractivity contribution in [2.24, 2.45) is 23.7 Å². The topological polar surface area (TPSA) is 30.5 Å². The predicted molar refractivity (Wildman–Crippen MR) is 94.5 cm³/mol. The highest BCUT2D eigenvalue weighted by Gasteiger charge is 2.53. The van der Waals surface area contributed by atoms with Gasteiger partial charge >= 0.3 is 0 Å². The summed E-state index contributed by atoms with van der Waals surface area (Å²) in [5, 5.41) is 3.83. The van der Waals surface area contributed by atoms with E-state index in [1.165, 1.54) is 37.7 Å². The van der Waals surface area contributed by atoms with Crippen LogP contribution in [-0.2, 0) is 6.54 Å². The van der Waals surface area contributed by atoms with E-state index in [1.54, 1.807) is 14.2 Å². The smallest absolute Gasteiger partial charge is 0.161 e. The van der Waals surface area contributed by atoms with Gasteiger partial charge in [0.25, 0.3) is 0 Å². The molecule has 0 heterocycles. The minimum Gasteiger partial charge on any atom is -0.493 e. The third-order valence-corrected chi connectivity index (χ3v) is 6.45. The zero-order chi connectivity index (χ0) is 15.1. The molecule has 128 valence electrons. The standard InChI is InChI=1S/C19H27NO2.ClH/c1-21-18-7-6-12(8-19(18)22-2)11-20-17-10-13-9-16(17)15-5-3-4-14(13)15;/h6-8,13-17,20H,3-5,9-11H2,1-2H3;1H. The molecule has 0 saturated heterocycles. The average molecular weight is 338 g/mol. The second-order valence-electron chi connectivity index (χ2n) is 7.33. The molecule has 3 saturated carbocycles. The van der Waals surface area contributed by atoms with E-state index in [0.717, 1.165) is 47.8 Å². The Balaban J connectivity index is 0.00000156. The van der Waals surface area contributed by atoms with Gasteiger partial charge in [-0.2, -0.15) is 0 Å². The molecular weight excluding hydrogens is 310 g/mol. The Morgan fingerprint density at radius 1 is 1.00 bits per heavy atom. The summed E-state index contributed by atoms with van der Waals surface area (Å²) >= 11 is 0. The van der Waals surface area contributed by atoms with Crippen molar-refractivity contribution in [3.8, 4) is 11.5 Å². The van der Waals surface area contributed by atoms with Gasteiger partial charge in [-0.15, -0.1) is 12.4 Å². The lowest BCUT2D eigenvalue weighted by Gasteiger charge is -2.32. The molecule has 23 heavy (non-hydrogen) atoms. The monoisotopic (exact) mass is 337 g/mol. The highest BCUT2D eigenvalue weighted by molar-refractivity contribution is 5.85. The van der Waals surface area contributed by atoms with Crippen LogP contribution in [0.15, 0.2) is 18.2 Å². The molecule has 4 heteroatoms. The number of nitrogens with one attached hydrogen (secondary N) is 1. The predicted octanol–water partition coefficient (Wildman–Crippen LogP) is 4.04. The maximum atomic E-state index is 5.40. The Morgan fingerprint density at radius 3 is 2.57 bits per heavy atom. The van der Waals surface area contributed by atoms with Crippen LogP contribution in [0.5, 0.6) is 11.5 Å². The van der Waals surface area contributed by atoms with Crippen molar-refractivity contribution < 1.29 is 9.47 Å². The largest absolute Gasteiger partial charge is 0.493 e. The van der Waals surface area contributed by atoms with E-state index in [2.05, 4.69) is 17.4 Å². The van der Waals surface area contributed by atoms with E-state index in [1.807, 2.05) is 6.07 Å². The minimum atomic E-state index is 0. The number of ether oxygens (including phenoxy) is 2. The highest BCUT2D eigenvalue weighted by atomic mass is 35.5. The molecule has 0 radical (unpaired) electrons. The van der Waals surface area contributed by atoms with E-state index in [-0.39, 0.29) is 12.4 Å². The van der Waals surface area contributed by atoms with Gasteiger partial charge in [0.15, 0.2) is 11.5 Å². The van der Waals surface area contributed by atoms with Gasteiger partial charge in [0.1, 0.15) is 0 Å². The number of hydrogen-bond acceptors (Lipinski definition) is 3. The summed E-state index contributed by atoms with van der Waals surface area (Å²) in [7, 11) is 3.38. The zero-order valence-electron chi connectivity index (χ0n) is 14.1. The Morgan fingerprint density at radius 2 is 1.78 bits per heavy atom. The van der Waals surface area contributed by atoms with Crippen LogP contribution in [0, 0.1) is 23.7 Å². The van der Waals surface area contributed by atoms with Crippen molar-refractivity contribution in [3.63, 3.8) is 0 Å². The molecule has 0 amide bonds. The molecule has 3 nitrogen and oxygen atoms in total. The summed E-state index contributed by atoms with van der Waals surface area (Å²) < 4.78 is 10.7. The van der Waals surface area contributed by atoms with Crippen molar-refractivity contribution in [2.75, 3.05) is 14.2 Å². The first-order valence-electron chi connectivity index (χ1n) is 8.74. The summed E-state index contributed by atoms with van der Waals surface area (Å²) in [6.45, 7) is 0.936. The summed E-state index contributed by atoms with van der Waals surface area (Å²) in [6.07, 6.45) is 7.36. The van der Waals surface area contributed by atoms with Gasteiger partial charge in [0.2, 0.25) is 0 Å². The first-order valence-corrected chi connectivity index (χ1v) is 8.74. The molecule has 3 aliphatic rings. The Hall–Kier alpha value is -0.930. The number of rotatable bonds is 5. The van der Waals surface area contributed by atoms with Crippen LogP contribution < -0.4 is 14.8 Å². The van der Waals surface area contributed by atoms with Gasteiger partial charge < -0.3 is 14.8 Å². The number of fused-ring (bicyclic) bond motifs is 5. The van der Waals surface area contributed by atoms with E-state index in [4.69, 9.17) is 9.47 Å². The normalized spacial score (nSPS) is 34.1. The maximum Gasteiger partial charge on any atom is 0.161 e. The van der Waals surface area contributed by atoms with Crippen molar-refractivity contribution in [1.82, 2.24) is 5.32 Å². The molecule has 3 fully saturated rings. The molecule has 1 aromatic carbocycles. The van der Waals surface area contributed by atoms with E-state index < -0.39 is 0 Å². The lowest BCUT2D eigenvalue weighted by Crippen LogP contribution is -2.38. The summed E-state index contributed by atoms with van der Waals surface area (Å²) in [5.74, 6) is 5.69. The minimum absolute atomic E-state index is 0. The molecular formula is C19H28ClNO2. The molecule has 3 aliphatic carbocycles. The Bertz CT molecular complexity index is 550. The first kappa shape index (κ1) is 16.9.